The molecule has 0 atom stereocenters. The van der Waals surface area contributed by atoms with Crippen LogP contribution in [0, 0.1) is 0 Å². The molecule has 9 nitrogen and oxygen atoms in total. The Morgan fingerprint density at radius 2 is 2.11 bits per heavy atom. The highest BCUT2D eigenvalue weighted by Crippen LogP contribution is 2.27. The van der Waals surface area contributed by atoms with Crippen molar-refractivity contribution >= 4 is 22.5 Å². The predicted molar refractivity (Wildman–Crippen MR) is 101 cm³/mol. The summed E-state index contributed by atoms with van der Waals surface area (Å²) in [7, 11) is 2.16. The van der Waals surface area contributed by atoms with Crippen LogP contribution in [0.25, 0.3) is 22.4 Å². The fourth-order valence-electron chi connectivity index (χ4n) is 3.45. The third kappa shape index (κ3) is 3.06. The standard InChI is InChI=1S/C18H20N8O/c1-25-5-2-14(3-6-25)26-10-13(8-20-26)21-18-16-15(9-19-24-16)22-17(23-18)12-4-7-27-11-12/h4,7-11,14H,2-3,5-6H2,1H3,(H,19,24)(H,21,22,23). The Kier molecular flexibility index (Phi) is 3.86. The van der Waals surface area contributed by atoms with Gasteiger partial charge in [-0.05, 0) is 39.0 Å². The zero-order valence-electron chi connectivity index (χ0n) is 15.0. The van der Waals surface area contributed by atoms with Crippen LogP contribution in [0.4, 0.5) is 11.5 Å². The largest absolute Gasteiger partial charge is 0.472 e. The van der Waals surface area contributed by atoms with Crippen LogP contribution < -0.4 is 5.32 Å². The summed E-state index contributed by atoms with van der Waals surface area (Å²) < 4.78 is 7.21. The number of furan rings is 1. The molecule has 4 aromatic heterocycles. The SMILES string of the molecule is CN1CCC(n2cc(Nc3nc(-c4ccoc4)nc4cn[nH]c34)cn2)CC1. The summed E-state index contributed by atoms with van der Waals surface area (Å²) in [6.07, 6.45) is 11.0. The number of piperidine rings is 1. The van der Waals surface area contributed by atoms with E-state index in [0.29, 0.717) is 17.7 Å². The summed E-state index contributed by atoms with van der Waals surface area (Å²) in [6, 6.07) is 2.28. The number of hydrogen-bond acceptors (Lipinski definition) is 7. The Hall–Kier alpha value is -3.20. The lowest BCUT2D eigenvalue weighted by Crippen LogP contribution is -2.31. The van der Waals surface area contributed by atoms with Crippen molar-refractivity contribution in [2.75, 3.05) is 25.5 Å². The van der Waals surface area contributed by atoms with Crippen LogP contribution in [0.2, 0.25) is 0 Å². The second-order valence-electron chi connectivity index (χ2n) is 6.91. The number of hydrogen-bond donors (Lipinski definition) is 2. The van der Waals surface area contributed by atoms with Gasteiger partial charge in [0.05, 0.1) is 35.9 Å². The molecule has 0 spiro atoms. The summed E-state index contributed by atoms with van der Waals surface area (Å²) in [4.78, 5) is 11.5. The number of fused-ring (bicyclic) bond motifs is 1. The predicted octanol–water partition coefficient (Wildman–Crippen LogP) is 2.82. The van der Waals surface area contributed by atoms with E-state index in [1.54, 1.807) is 18.7 Å². The van der Waals surface area contributed by atoms with Crippen molar-refractivity contribution in [3.63, 3.8) is 0 Å². The van der Waals surface area contributed by atoms with Crippen LogP contribution >= 0.6 is 0 Å². The summed E-state index contributed by atoms with van der Waals surface area (Å²) in [5, 5.41) is 15.0. The summed E-state index contributed by atoms with van der Waals surface area (Å²) in [5.41, 5.74) is 3.21. The van der Waals surface area contributed by atoms with Crippen LogP contribution in [-0.4, -0.2) is 55.0 Å². The maximum atomic E-state index is 5.16. The van der Waals surface area contributed by atoms with E-state index in [2.05, 4.69) is 47.2 Å². The summed E-state index contributed by atoms with van der Waals surface area (Å²) in [6.45, 7) is 2.20. The first-order chi connectivity index (χ1) is 13.3. The maximum Gasteiger partial charge on any atom is 0.165 e. The van der Waals surface area contributed by atoms with Crippen molar-refractivity contribution in [1.29, 1.82) is 0 Å². The van der Waals surface area contributed by atoms with Crippen LogP contribution in [0.15, 0.2) is 41.6 Å². The lowest BCUT2D eigenvalue weighted by Gasteiger charge is -2.28. The van der Waals surface area contributed by atoms with Crippen molar-refractivity contribution < 1.29 is 4.42 Å². The molecule has 27 heavy (non-hydrogen) atoms. The van der Waals surface area contributed by atoms with E-state index in [4.69, 9.17) is 4.42 Å². The average molecular weight is 364 g/mol. The molecule has 0 unspecified atom stereocenters. The van der Waals surface area contributed by atoms with Gasteiger partial charge >= 0.3 is 0 Å². The molecule has 1 saturated heterocycles. The van der Waals surface area contributed by atoms with Gasteiger partial charge in [0.25, 0.3) is 0 Å². The molecule has 0 amide bonds. The highest BCUT2D eigenvalue weighted by molar-refractivity contribution is 5.88. The van der Waals surface area contributed by atoms with Gasteiger partial charge in [0.1, 0.15) is 17.3 Å². The maximum absolute atomic E-state index is 5.16. The second kappa shape index (κ2) is 6.51. The molecule has 0 radical (unpaired) electrons. The van der Waals surface area contributed by atoms with Crippen molar-refractivity contribution in [2.24, 2.45) is 0 Å². The topological polar surface area (TPSA) is 101 Å². The third-order valence-electron chi connectivity index (χ3n) is 5.01. The number of nitrogens with one attached hydrogen (secondary N) is 2. The molecule has 0 aromatic carbocycles. The average Bonchev–Trinajstić information content (AvgIpc) is 3.43. The van der Waals surface area contributed by atoms with E-state index in [1.165, 1.54) is 0 Å². The Morgan fingerprint density at radius 1 is 1.22 bits per heavy atom. The van der Waals surface area contributed by atoms with E-state index >= 15 is 0 Å². The molecule has 0 aliphatic carbocycles. The second-order valence-corrected chi connectivity index (χ2v) is 6.91. The minimum Gasteiger partial charge on any atom is -0.472 e. The van der Waals surface area contributed by atoms with E-state index in [-0.39, 0.29) is 0 Å². The van der Waals surface area contributed by atoms with E-state index in [1.807, 2.05) is 18.5 Å². The van der Waals surface area contributed by atoms with Crippen molar-refractivity contribution in [3.8, 4) is 11.4 Å². The normalized spacial score (nSPS) is 16.2. The quantitative estimate of drug-likeness (QED) is 0.574. The molecule has 0 bridgehead atoms. The lowest BCUT2D eigenvalue weighted by atomic mass is 10.1. The van der Waals surface area contributed by atoms with Crippen LogP contribution in [-0.2, 0) is 0 Å². The Balaban J connectivity index is 1.44. The molecular weight excluding hydrogens is 344 g/mol. The van der Waals surface area contributed by atoms with E-state index in [0.717, 1.165) is 48.2 Å². The summed E-state index contributed by atoms with van der Waals surface area (Å²) >= 11 is 0. The zero-order valence-corrected chi connectivity index (χ0v) is 15.0. The van der Waals surface area contributed by atoms with E-state index < -0.39 is 0 Å². The molecule has 138 valence electrons. The van der Waals surface area contributed by atoms with Gasteiger partial charge in [-0.3, -0.25) is 9.78 Å². The van der Waals surface area contributed by atoms with Crippen LogP contribution in [0.3, 0.4) is 0 Å². The monoisotopic (exact) mass is 364 g/mol. The van der Waals surface area contributed by atoms with Gasteiger partial charge in [-0.15, -0.1) is 0 Å². The number of H-pyrrole nitrogens is 1. The molecule has 2 N–H and O–H groups in total. The first kappa shape index (κ1) is 16.0. The molecule has 0 saturated carbocycles. The van der Waals surface area contributed by atoms with Gasteiger partial charge in [-0.25, -0.2) is 9.97 Å². The number of nitrogens with zero attached hydrogens (tertiary/aromatic N) is 6. The highest BCUT2D eigenvalue weighted by Gasteiger charge is 2.19. The molecule has 5 heterocycles. The number of rotatable bonds is 4. The molecular formula is C18H20N8O. The first-order valence-electron chi connectivity index (χ1n) is 9.00. The smallest absolute Gasteiger partial charge is 0.165 e. The van der Waals surface area contributed by atoms with Gasteiger partial charge < -0.3 is 14.6 Å². The molecule has 4 aromatic rings. The fraction of sp³-hybridized carbons (Fsp3) is 0.333. The van der Waals surface area contributed by atoms with E-state index in [9.17, 15) is 0 Å². The van der Waals surface area contributed by atoms with Gasteiger partial charge in [-0.2, -0.15) is 10.2 Å². The van der Waals surface area contributed by atoms with Gasteiger partial charge in [0.2, 0.25) is 0 Å². The zero-order chi connectivity index (χ0) is 18.2. The van der Waals surface area contributed by atoms with Crippen molar-refractivity contribution in [3.05, 3.63) is 37.2 Å². The van der Waals surface area contributed by atoms with Gasteiger partial charge in [0, 0.05) is 6.20 Å². The van der Waals surface area contributed by atoms with Crippen LogP contribution in [0.1, 0.15) is 18.9 Å². The number of anilines is 2. The molecule has 9 heteroatoms. The molecule has 5 rings (SSSR count). The lowest BCUT2D eigenvalue weighted by molar-refractivity contribution is 0.212. The fourth-order valence-corrected chi connectivity index (χ4v) is 3.45. The molecule has 1 aliphatic rings. The number of aromatic amines is 1. The molecule has 1 aliphatic heterocycles. The van der Waals surface area contributed by atoms with Gasteiger partial charge in [-0.1, -0.05) is 0 Å². The Labute approximate surface area is 155 Å². The third-order valence-corrected chi connectivity index (χ3v) is 5.01. The molecule has 1 fully saturated rings. The minimum absolute atomic E-state index is 0.441. The van der Waals surface area contributed by atoms with Crippen molar-refractivity contribution in [2.45, 2.75) is 18.9 Å². The Morgan fingerprint density at radius 3 is 2.93 bits per heavy atom. The summed E-state index contributed by atoms with van der Waals surface area (Å²) in [5.74, 6) is 1.25. The first-order valence-corrected chi connectivity index (χ1v) is 9.00. The van der Waals surface area contributed by atoms with Gasteiger partial charge in [0.15, 0.2) is 11.6 Å². The highest BCUT2D eigenvalue weighted by atomic mass is 16.3. The number of aromatic nitrogens is 6. The number of likely N-dealkylation sites (tertiary alicyclic amines) is 1. The Bertz CT molecular complexity index is 1040. The minimum atomic E-state index is 0.441. The van der Waals surface area contributed by atoms with Crippen LogP contribution in [0.5, 0.6) is 0 Å². The van der Waals surface area contributed by atoms with Crippen molar-refractivity contribution in [1.82, 2.24) is 34.8 Å².